The Morgan fingerprint density at radius 3 is 2.62 bits per heavy atom. The minimum absolute atomic E-state index is 0.364. The van der Waals surface area contributed by atoms with Crippen LogP contribution in [0.2, 0.25) is 0 Å². The molecule has 0 fully saturated rings. The van der Waals surface area contributed by atoms with Crippen molar-refractivity contribution >= 4 is 39.1 Å². The summed E-state index contributed by atoms with van der Waals surface area (Å²) in [5.41, 5.74) is 1.56. The predicted octanol–water partition coefficient (Wildman–Crippen LogP) is 2.53. The summed E-state index contributed by atoms with van der Waals surface area (Å²) in [5, 5.41) is 5.01. The number of amides is 1. The van der Waals surface area contributed by atoms with Gasteiger partial charge < -0.3 is 10.1 Å². The second-order valence-electron chi connectivity index (χ2n) is 4.82. The Morgan fingerprint density at radius 2 is 1.86 bits per heavy atom. The van der Waals surface area contributed by atoms with Gasteiger partial charge >= 0.3 is 0 Å². The number of Topliss-reactive ketones (excluding diaryl/α,β-unsaturated/α-hetero) is 1. The van der Waals surface area contributed by atoms with Crippen molar-refractivity contribution in [2.45, 2.75) is 0 Å². The maximum Gasteiger partial charge on any atom is 0.296 e. The van der Waals surface area contributed by atoms with Gasteiger partial charge in [0.15, 0.2) is 5.75 Å². The molecule has 4 rings (SSSR count). The quantitative estimate of drug-likeness (QED) is 0.548. The van der Waals surface area contributed by atoms with E-state index in [1.54, 1.807) is 19.4 Å². The zero-order valence-corrected chi connectivity index (χ0v) is 11.1. The molecule has 2 heterocycles. The SMILES string of the molecule is COc1c2c3c(ccnc3c3ccccc13)C(=O)C(=O)N2. The first-order valence-electron chi connectivity index (χ1n) is 6.45. The Balaban J connectivity index is 2.33. The first-order chi connectivity index (χ1) is 10.2. The molecule has 1 aromatic heterocycles. The third-order valence-corrected chi connectivity index (χ3v) is 3.75. The van der Waals surface area contributed by atoms with Crippen molar-refractivity contribution < 1.29 is 14.3 Å². The van der Waals surface area contributed by atoms with Crippen LogP contribution in [0.15, 0.2) is 36.5 Å². The molecule has 5 heteroatoms. The molecule has 2 aromatic carbocycles. The molecule has 0 atom stereocenters. The number of carbonyl (C=O) groups is 2. The first kappa shape index (κ1) is 11.8. The topological polar surface area (TPSA) is 68.3 Å². The second-order valence-corrected chi connectivity index (χ2v) is 4.82. The van der Waals surface area contributed by atoms with E-state index in [2.05, 4.69) is 10.3 Å². The van der Waals surface area contributed by atoms with E-state index in [1.165, 1.54) is 0 Å². The van der Waals surface area contributed by atoms with Crippen molar-refractivity contribution in [2.24, 2.45) is 0 Å². The molecule has 21 heavy (non-hydrogen) atoms. The fourth-order valence-corrected chi connectivity index (χ4v) is 2.87. The van der Waals surface area contributed by atoms with Gasteiger partial charge in [-0.25, -0.2) is 0 Å². The molecular formula is C16H10N2O3. The average molecular weight is 278 g/mol. The van der Waals surface area contributed by atoms with Gasteiger partial charge in [0, 0.05) is 27.9 Å². The summed E-state index contributed by atoms with van der Waals surface area (Å²) >= 11 is 0. The number of nitrogens with zero attached hydrogens (tertiary/aromatic N) is 1. The summed E-state index contributed by atoms with van der Waals surface area (Å²) < 4.78 is 5.48. The molecule has 1 aliphatic rings. The highest BCUT2D eigenvalue weighted by atomic mass is 16.5. The van der Waals surface area contributed by atoms with Crippen LogP contribution >= 0.6 is 0 Å². The number of ketones is 1. The van der Waals surface area contributed by atoms with E-state index >= 15 is 0 Å². The minimum atomic E-state index is -0.649. The van der Waals surface area contributed by atoms with E-state index in [-0.39, 0.29) is 0 Å². The summed E-state index contributed by atoms with van der Waals surface area (Å²) in [5.74, 6) is -0.649. The lowest BCUT2D eigenvalue weighted by Crippen LogP contribution is -2.27. The summed E-state index contributed by atoms with van der Waals surface area (Å²) in [7, 11) is 1.54. The highest BCUT2D eigenvalue weighted by Crippen LogP contribution is 2.43. The Labute approximate surface area is 119 Å². The molecule has 3 aromatic rings. The number of pyridine rings is 1. The maximum absolute atomic E-state index is 12.1. The highest BCUT2D eigenvalue weighted by Gasteiger charge is 2.30. The van der Waals surface area contributed by atoms with Crippen LogP contribution in [0.5, 0.6) is 5.75 Å². The maximum atomic E-state index is 12.1. The summed E-state index contributed by atoms with van der Waals surface area (Å²) in [6.45, 7) is 0. The molecule has 1 amide bonds. The van der Waals surface area contributed by atoms with Gasteiger partial charge in [-0.1, -0.05) is 24.3 Å². The number of hydrogen-bond acceptors (Lipinski definition) is 4. The van der Waals surface area contributed by atoms with Crippen LogP contribution in [0.3, 0.4) is 0 Å². The molecular weight excluding hydrogens is 268 g/mol. The molecule has 102 valence electrons. The molecule has 0 unspecified atom stereocenters. The van der Waals surface area contributed by atoms with Crippen molar-refractivity contribution in [3.63, 3.8) is 0 Å². The average Bonchev–Trinajstić information content (AvgIpc) is 2.52. The molecule has 0 spiro atoms. The van der Waals surface area contributed by atoms with Gasteiger partial charge in [-0.05, 0) is 6.07 Å². The fraction of sp³-hybridized carbons (Fsp3) is 0.0625. The summed E-state index contributed by atoms with van der Waals surface area (Å²) in [6.07, 6.45) is 1.55. The van der Waals surface area contributed by atoms with Gasteiger partial charge in [-0.2, -0.15) is 0 Å². The van der Waals surface area contributed by atoms with Gasteiger partial charge in [0.05, 0.1) is 18.3 Å². The number of ether oxygens (including phenoxy) is 1. The number of fused-ring (bicyclic) bond motifs is 2. The number of carbonyl (C=O) groups excluding carboxylic acids is 2. The van der Waals surface area contributed by atoms with Gasteiger partial charge in [-0.15, -0.1) is 0 Å². The Kier molecular flexibility index (Phi) is 2.27. The third kappa shape index (κ3) is 1.43. The van der Waals surface area contributed by atoms with Crippen LogP contribution in [0.1, 0.15) is 10.4 Å². The molecule has 5 nitrogen and oxygen atoms in total. The Hall–Kier alpha value is -2.95. The molecule has 0 saturated carbocycles. The zero-order valence-electron chi connectivity index (χ0n) is 11.1. The van der Waals surface area contributed by atoms with Crippen molar-refractivity contribution in [2.75, 3.05) is 12.4 Å². The Bertz CT molecular complexity index is 947. The van der Waals surface area contributed by atoms with Gasteiger partial charge in [0.25, 0.3) is 11.7 Å². The smallest absolute Gasteiger partial charge is 0.296 e. The third-order valence-electron chi connectivity index (χ3n) is 3.75. The van der Waals surface area contributed by atoms with Crippen LogP contribution in [0.25, 0.3) is 21.7 Å². The van der Waals surface area contributed by atoms with Crippen LogP contribution in [0.4, 0.5) is 5.69 Å². The zero-order chi connectivity index (χ0) is 14.6. The molecule has 0 bridgehead atoms. The van der Waals surface area contributed by atoms with Gasteiger partial charge in [0.2, 0.25) is 0 Å². The number of rotatable bonds is 1. The lowest BCUT2D eigenvalue weighted by molar-refractivity contribution is -0.112. The number of nitrogens with one attached hydrogen (secondary N) is 1. The first-order valence-corrected chi connectivity index (χ1v) is 6.45. The number of anilines is 1. The van der Waals surface area contributed by atoms with Crippen LogP contribution in [0, 0.1) is 0 Å². The normalized spacial score (nSPS) is 13.6. The van der Waals surface area contributed by atoms with E-state index in [0.29, 0.717) is 27.9 Å². The lowest BCUT2D eigenvalue weighted by Gasteiger charge is -2.21. The van der Waals surface area contributed by atoms with Gasteiger partial charge in [0.1, 0.15) is 0 Å². The van der Waals surface area contributed by atoms with E-state index in [0.717, 1.165) is 10.8 Å². The number of methoxy groups -OCH3 is 1. The van der Waals surface area contributed by atoms with Crippen molar-refractivity contribution in [1.29, 1.82) is 0 Å². The highest BCUT2D eigenvalue weighted by molar-refractivity contribution is 6.52. The molecule has 1 N–H and O–H groups in total. The summed E-state index contributed by atoms with van der Waals surface area (Å²) in [6, 6.07) is 9.20. The lowest BCUT2D eigenvalue weighted by atomic mass is 9.95. The van der Waals surface area contributed by atoms with E-state index < -0.39 is 11.7 Å². The number of hydrogen-bond donors (Lipinski definition) is 1. The Morgan fingerprint density at radius 1 is 1.10 bits per heavy atom. The van der Waals surface area contributed by atoms with Crippen LogP contribution in [-0.2, 0) is 4.79 Å². The van der Waals surface area contributed by atoms with Crippen molar-refractivity contribution in [1.82, 2.24) is 4.98 Å². The molecule has 0 aliphatic carbocycles. The van der Waals surface area contributed by atoms with Gasteiger partial charge in [-0.3, -0.25) is 14.6 Å². The van der Waals surface area contributed by atoms with Crippen LogP contribution < -0.4 is 10.1 Å². The monoisotopic (exact) mass is 278 g/mol. The number of benzene rings is 2. The molecule has 0 radical (unpaired) electrons. The molecule has 0 saturated heterocycles. The van der Waals surface area contributed by atoms with Crippen LogP contribution in [-0.4, -0.2) is 23.8 Å². The minimum Gasteiger partial charge on any atom is -0.494 e. The molecule has 1 aliphatic heterocycles. The van der Waals surface area contributed by atoms with E-state index in [1.807, 2.05) is 24.3 Å². The van der Waals surface area contributed by atoms with Crippen molar-refractivity contribution in [3.8, 4) is 5.75 Å². The van der Waals surface area contributed by atoms with E-state index in [4.69, 9.17) is 4.74 Å². The standard InChI is InChI=1S/C16H10N2O3/c1-21-15-9-5-3-2-4-8(9)12-11-10(6-7-17-12)14(19)16(20)18-13(11)15/h2-7H,1H3,(H,18,20). The number of aromatic nitrogens is 1. The van der Waals surface area contributed by atoms with Crippen molar-refractivity contribution in [3.05, 3.63) is 42.1 Å². The predicted molar refractivity (Wildman–Crippen MR) is 78.8 cm³/mol. The largest absolute Gasteiger partial charge is 0.494 e. The fourth-order valence-electron chi connectivity index (χ4n) is 2.87. The van der Waals surface area contributed by atoms with E-state index in [9.17, 15) is 9.59 Å². The second kappa shape index (κ2) is 4.02. The summed E-state index contributed by atoms with van der Waals surface area (Å²) in [4.78, 5) is 28.3.